The normalized spacial score (nSPS) is 18.1. The molecule has 156 valence electrons. The van der Waals surface area contributed by atoms with Gasteiger partial charge in [0.1, 0.15) is 5.76 Å². The molecule has 1 heterocycles. The van der Waals surface area contributed by atoms with Crippen LogP contribution in [0.2, 0.25) is 10.0 Å². The number of aliphatic hydroxyl groups excluding tert-OH is 1. The summed E-state index contributed by atoms with van der Waals surface area (Å²) in [5.41, 5.74) is 1.69. The molecule has 3 rings (SSSR count). The van der Waals surface area contributed by atoms with Crippen molar-refractivity contribution in [2.24, 2.45) is 0 Å². The summed E-state index contributed by atoms with van der Waals surface area (Å²) in [7, 11) is 0. The van der Waals surface area contributed by atoms with E-state index in [1.54, 1.807) is 36.4 Å². The molecule has 1 aliphatic rings. The Morgan fingerprint density at radius 3 is 2.33 bits per heavy atom. The SMILES string of the molecule is Cc1ccc(C(O)=C2C(=O)C(=O)N(CCCC(=O)O)[C@@H]2c2ccc(Cl)cc2Cl)cc1. The molecule has 2 N–H and O–H groups in total. The summed E-state index contributed by atoms with van der Waals surface area (Å²) in [6.45, 7) is 1.91. The van der Waals surface area contributed by atoms with Gasteiger partial charge in [0.2, 0.25) is 0 Å². The maximum absolute atomic E-state index is 12.9. The molecule has 2 aromatic rings. The minimum absolute atomic E-state index is 0.0190. The van der Waals surface area contributed by atoms with E-state index in [-0.39, 0.29) is 35.7 Å². The number of nitrogens with zero attached hydrogens (tertiary/aromatic N) is 1. The van der Waals surface area contributed by atoms with E-state index in [1.165, 1.54) is 11.0 Å². The maximum Gasteiger partial charge on any atom is 0.303 e. The molecule has 6 nitrogen and oxygen atoms in total. The van der Waals surface area contributed by atoms with Gasteiger partial charge in [0, 0.05) is 28.6 Å². The number of carboxylic acid groups (broad SMARTS) is 1. The summed E-state index contributed by atoms with van der Waals surface area (Å²) >= 11 is 12.3. The summed E-state index contributed by atoms with van der Waals surface area (Å²) < 4.78 is 0. The first kappa shape index (κ1) is 21.9. The maximum atomic E-state index is 12.9. The third-order valence-corrected chi connectivity index (χ3v) is 5.47. The number of hydrogen-bond donors (Lipinski definition) is 2. The third kappa shape index (κ3) is 4.35. The zero-order valence-electron chi connectivity index (χ0n) is 16.1. The number of aliphatic carboxylic acids is 1. The first-order valence-corrected chi connectivity index (χ1v) is 9.98. The van der Waals surface area contributed by atoms with E-state index in [0.717, 1.165) is 5.56 Å². The van der Waals surface area contributed by atoms with Gasteiger partial charge in [-0.2, -0.15) is 0 Å². The lowest BCUT2D eigenvalue weighted by atomic mass is 9.95. The molecule has 0 spiro atoms. The van der Waals surface area contributed by atoms with Crippen LogP contribution in [0.3, 0.4) is 0 Å². The van der Waals surface area contributed by atoms with Gasteiger partial charge in [-0.15, -0.1) is 0 Å². The van der Waals surface area contributed by atoms with E-state index in [0.29, 0.717) is 16.1 Å². The Morgan fingerprint density at radius 2 is 1.73 bits per heavy atom. The molecule has 2 aromatic carbocycles. The fourth-order valence-electron chi connectivity index (χ4n) is 3.42. The van der Waals surface area contributed by atoms with E-state index in [1.807, 2.05) is 6.92 Å². The van der Waals surface area contributed by atoms with Gasteiger partial charge < -0.3 is 15.1 Å². The Balaban J connectivity index is 2.14. The zero-order chi connectivity index (χ0) is 22.0. The molecule has 1 atom stereocenters. The topological polar surface area (TPSA) is 94.9 Å². The Hall–Kier alpha value is -2.83. The lowest BCUT2D eigenvalue weighted by Gasteiger charge is -2.26. The van der Waals surface area contributed by atoms with Crippen LogP contribution in [0.1, 0.15) is 35.6 Å². The molecule has 0 saturated carbocycles. The third-order valence-electron chi connectivity index (χ3n) is 4.91. The standard InChI is InChI=1S/C22H19Cl2NO5/c1-12-4-6-13(7-5-12)20(28)18-19(15-9-8-14(23)11-16(15)24)25(22(30)21(18)29)10-2-3-17(26)27/h4-9,11,19,28H,2-3,10H2,1H3,(H,26,27)/t19-/m1/s1. The van der Waals surface area contributed by atoms with Crippen LogP contribution in [-0.4, -0.2) is 39.3 Å². The second-order valence-corrected chi connectivity index (χ2v) is 7.87. The first-order chi connectivity index (χ1) is 14.2. The van der Waals surface area contributed by atoms with Crippen molar-refractivity contribution >= 4 is 46.6 Å². The van der Waals surface area contributed by atoms with E-state index in [4.69, 9.17) is 28.3 Å². The number of Topliss-reactive ketones (excluding diaryl/α,β-unsaturated/α-hetero) is 1. The number of benzene rings is 2. The van der Waals surface area contributed by atoms with Crippen LogP contribution < -0.4 is 0 Å². The van der Waals surface area contributed by atoms with Crippen molar-refractivity contribution in [3.8, 4) is 0 Å². The Labute approximate surface area is 183 Å². The fourth-order valence-corrected chi connectivity index (χ4v) is 3.94. The number of carbonyl (C=O) groups is 3. The van der Waals surface area contributed by atoms with Crippen LogP contribution in [0.15, 0.2) is 48.0 Å². The highest BCUT2D eigenvalue weighted by Gasteiger charge is 2.46. The Morgan fingerprint density at radius 1 is 1.07 bits per heavy atom. The predicted molar refractivity (Wildman–Crippen MR) is 114 cm³/mol. The molecule has 0 radical (unpaired) electrons. The number of ketones is 1. The quantitative estimate of drug-likeness (QED) is 0.383. The summed E-state index contributed by atoms with van der Waals surface area (Å²) in [4.78, 5) is 37.8. The minimum atomic E-state index is -1.01. The molecular formula is C22H19Cl2NO5. The summed E-state index contributed by atoms with van der Waals surface area (Å²) in [6.07, 6.45) is -0.0172. The van der Waals surface area contributed by atoms with E-state index in [2.05, 4.69) is 0 Å². The number of rotatable bonds is 6. The van der Waals surface area contributed by atoms with Crippen LogP contribution in [0, 0.1) is 6.92 Å². The first-order valence-electron chi connectivity index (χ1n) is 9.23. The van der Waals surface area contributed by atoms with Gasteiger partial charge in [0.05, 0.1) is 11.6 Å². The molecule has 0 bridgehead atoms. The second kappa shape index (κ2) is 8.90. The molecule has 1 aliphatic heterocycles. The molecule has 8 heteroatoms. The molecule has 0 aliphatic carbocycles. The molecule has 30 heavy (non-hydrogen) atoms. The van der Waals surface area contributed by atoms with Crippen molar-refractivity contribution in [1.29, 1.82) is 0 Å². The second-order valence-electron chi connectivity index (χ2n) is 7.02. The monoisotopic (exact) mass is 447 g/mol. The molecule has 0 unspecified atom stereocenters. The lowest BCUT2D eigenvalue weighted by molar-refractivity contribution is -0.140. The number of aliphatic hydroxyl groups is 1. The van der Waals surface area contributed by atoms with Crippen molar-refractivity contribution in [3.05, 3.63) is 74.8 Å². The highest BCUT2D eigenvalue weighted by Crippen LogP contribution is 2.42. The van der Waals surface area contributed by atoms with Gasteiger partial charge in [0.15, 0.2) is 0 Å². The molecule has 0 aromatic heterocycles. The average Bonchev–Trinajstić information content (AvgIpc) is 2.93. The van der Waals surface area contributed by atoms with E-state index in [9.17, 15) is 19.5 Å². The number of halogens is 2. The number of likely N-dealkylation sites (tertiary alicyclic amines) is 1. The Kier molecular flexibility index (Phi) is 6.48. The van der Waals surface area contributed by atoms with Crippen LogP contribution in [0.4, 0.5) is 0 Å². The van der Waals surface area contributed by atoms with E-state index < -0.39 is 23.7 Å². The summed E-state index contributed by atoms with van der Waals surface area (Å²) in [5.74, 6) is -2.98. The smallest absolute Gasteiger partial charge is 0.303 e. The van der Waals surface area contributed by atoms with Crippen LogP contribution in [-0.2, 0) is 14.4 Å². The van der Waals surface area contributed by atoms with Crippen molar-refractivity contribution in [2.45, 2.75) is 25.8 Å². The number of aryl methyl sites for hydroxylation is 1. The highest BCUT2D eigenvalue weighted by atomic mass is 35.5. The highest BCUT2D eigenvalue weighted by molar-refractivity contribution is 6.47. The zero-order valence-corrected chi connectivity index (χ0v) is 17.6. The van der Waals surface area contributed by atoms with Gasteiger partial charge in [-0.05, 0) is 31.0 Å². The van der Waals surface area contributed by atoms with Gasteiger partial charge in [-0.25, -0.2) is 0 Å². The Bertz CT molecular complexity index is 1050. The largest absolute Gasteiger partial charge is 0.507 e. The van der Waals surface area contributed by atoms with Crippen molar-refractivity contribution in [3.63, 3.8) is 0 Å². The number of amides is 1. The average molecular weight is 448 g/mol. The number of carbonyl (C=O) groups excluding carboxylic acids is 2. The van der Waals surface area contributed by atoms with Crippen molar-refractivity contribution in [2.75, 3.05) is 6.54 Å². The van der Waals surface area contributed by atoms with Crippen LogP contribution in [0.5, 0.6) is 0 Å². The number of hydrogen-bond acceptors (Lipinski definition) is 4. The van der Waals surface area contributed by atoms with Crippen molar-refractivity contribution < 1.29 is 24.6 Å². The van der Waals surface area contributed by atoms with Gasteiger partial charge >= 0.3 is 5.97 Å². The summed E-state index contributed by atoms with van der Waals surface area (Å²) in [5, 5.41) is 20.5. The van der Waals surface area contributed by atoms with Crippen molar-refractivity contribution in [1.82, 2.24) is 4.90 Å². The van der Waals surface area contributed by atoms with Crippen LogP contribution in [0.25, 0.3) is 5.76 Å². The molecule has 1 saturated heterocycles. The molecular weight excluding hydrogens is 429 g/mol. The summed E-state index contributed by atoms with van der Waals surface area (Å²) in [6, 6.07) is 10.6. The molecule has 1 fully saturated rings. The van der Waals surface area contributed by atoms with E-state index >= 15 is 0 Å². The number of carboxylic acids is 1. The predicted octanol–water partition coefficient (Wildman–Crippen LogP) is 4.59. The molecule has 1 amide bonds. The van der Waals surface area contributed by atoms with Gasteiger partial charge in [-0.3, -0.25) is 14.4 Å². The van der Waals surface area contributed by atoms with Gasteiger partial charge in [-0.1, -0.05) is 59.1 Å². The van der Waals surface area contributed by atoms with Gasteiger partial charge in [0.25, 0.3) is 11.7 Å². The lowest BCUT2D eigenvalue weighted by Crippen LogP contribution is -2.31. The minimum Gasteiger partial charge on any atom is -0.507 e. The van der Waals surface area contributed by atoms with Crippen LogP contribution >= 0.6 is 23.2 Å². The fraction of sp³-hybridized carbons (Fsp3) is 0.227.